The van der Waals surface area contributed by atoms with Gasteiger partial charge in [0.15, 0.2) is 16.0 Å². The zero-order chi connectivity index (χ0) is 23.3. The van der Waals surface area contributed by atoms with Crippen molar-refractivity contribution >= 4 is 34.1 Å². The molecule has 0 aliphatic rings. The van der Waals surface area contributed by atoms with E-state index in [9.17, 15) is 9.18 Å². The first-order chi connectivity index (χ1) is 16.7. The summed E-state index contributed by atoms with van der Waals surface area (Å²) in [6.45, 7) is 0. The van der Waals surface area contributed by atoms with Gasteiger partial charge in [0.2, 0.25) is 11.7 Å². The number of rotatable bonds is 8. The van der Waals surface area contributed by atoms with Gasteiger partial charge in [0.05, 0.1) is 17.7 Å². The topological polar surface area (TPSA) is 85.8 Å². The molecule has 7 nitrogen and oxygen atoms in total. The van der Waals surface area contributed by atoms with E-state index in [1.807, 2.05) is 18.2 Å². The third-order valence-electron chi connectivity index (χ3n) is 4.81. The molecule has 0 fully saturated rings. The maximum Gasteiger partial charge on any atom is 0.236 e. The first-order valence-electron chi connectivity index (χ1n) is 10.3. The second kappa shape index (κ2) is 10.0. The van der Waals surface area contributed by atoms with Crippen LogP contribution in [0, 0.1) is 5.82 Å². The van der Waals surface area contributed by atoms with E-state index in [-0.39, 0.29) is 17.5 Å². The number of hydrogen-bond acceptors (Lipinski definition) is 7. The second-order valence-electron chi connectivity index (χ2n) is 7.23. The van der Waals surface area contributed by atoms with Crippen LogP contribution in [0.3, 0.4) is 0 Å². The fourth-order valence-corrected chi connectivity index (χ4v) is 4.90. The monoisotopic (exact) mass is 491 g/mol. The molecule has 2 aromatic carbocycles. The number of thioether (sulfide) groups is 1. The molecule has 0 saturated carbocycles. The van der Waals surface area contributed by atoms with Crippen molar-refractivity contribution in [3.05, 3.63) is 95.4 Å². The van der Waals surface area contributed by atoms with Crippen LogP contribution in [-0.4, -0.2) is 31.4 Å². The van der Waals surface area contributed by atoms with E-state index in [0.29, 0.717) is 27.6 Å². The van der Waals surface area contributed by atoms with Crippen molar-refractivity contribution in [1.29, 1.82) is 0 Å². The summed E-state index contributed by atoms with van der Waals surface area (Å²) in [7, 11) is 0. The molecule has 3 heterocycles. The van der Waals surface area contributed by atoms with E-state index in [4.69, 9.17) is 4.42 Å². The largest absolute Gasteiger partial charge is 0.461 e. The Kier molecular flexibility index (Phi) is 6.50. The van der Waals surface area contributed by atoms with Crippen LogP contribution in [0.1, 0.15) is 10.4 Å². The van der Waals surface area contributed by atoms with Gasteiger partial charge < -0.3 is 9.73 Å². The summed E-state index contributed by atoms with van der Waals surface area (Å²) in [4.78, 5) is 18.0. The average molecular weight is 492 g/mol. The Labute approximate surface area is 202 Å². The van der Waals surface area contributed by atoms with Crippen LogP contribution in [0.25, 0.3) is 17.3 Å². The highest BCUT2D eigenvalue weighted by molar-refractivity contribution is 7.99. The Morgan fingerprint density at radius 1 is 1.06 bits per heavy atom. The molecule has 1 N–H and O–H groups in total. The average Bonchev–Trinajstić information content (AvgIpc) is 3.60. The Bertz CT molecular complexity index is 1380. The van der Waals surface area contributed by atoms with Crippen molar-refractivity contribution in [2.45, 2.75) is 11.6 Å². The number of benzene rings is 2. The minimum atomic E-state index is -0.347. The zero-order valence-electron chi connectivity index (χ0n) is 17.7. The van der Waals surface area contributed by atoms with Gasteiger partial charge in [-0.1, -0.05) is 42.1 Å². The van der Waals surface area contributed by atoms with E-state index in [1.54, 1.807) is 41.3 Å². The molecular weight excluding hydrogens is 473 g/mol. The third-order valence-corrected chi connectivity index (χ3v) is 6.65. The Hall–Kier alpha value is -3.76. The molecule has 5 aromatic rings. The fraction of sp³-hybridized carbons (Fsp3) is 0.0833. The maximum absolute atomic E-state index is 13.5. The number of nitrogens with zero attached hydrogens (tertiary/aromatic N) is 4. The van der Waals surface area contributed by atoms with Crippen molar-refractivity contribution in [2.75, 3.05) is 11.1 Å². The van der Waals surface area contributed by atoms with Gasteiger partial charge in [-0.05, 0) is 42.0 Å². The molecule has 0 aliphatic carbocycles. The maximum atomic E-state index is 13.5. The fourth-order valence-electron chi connectivity index (χ4n) is 3.28. The van der Waals surface area contributed by atoms with E-state index >= 15 is 0 Å². The van der Waals surface area contributed by atoms with Gasteiger partial charge in [-0.2, -0.15) is 0 Å². The van der Waals surface area contributed by atoms with Crippen molar-refractivity contribution < 1.29 is 13.6 Å². The number of halogens is 1. The third kappa shape index (κ3) is 5.08. The van der Waals surface area contributed by atoms with E-state index in [0.717, 1.165) is 11.3 Å². The molecule has 0 saturated heterocycles. The van der Waals surface area contributed by atoms with Crippen LogP contribution in [0.15, 0.2) is 88.8 Å². The van der Waals surface area contributed by atoms with Crippen LogP contribution in [0.2, 0.25) is 0 Å². The van der Waals surface area contributed by atoms with Crippen molar-refractivity contribution in [1.82, 2.24) is 19.7 Å². The molecule has 0 aliphatic heterocycles. The molecule has 10 heteroatoms. The highest BCUT2D eigenvalue weighted by atomic mass is 32.2. The molecule has 0 spiro atoms. The molecule has 0 atom stereocenters. The number of anilines is 1. The predicted molar refractivity (Wildman–Crippen MR) is 130 cm³/mol. The second-order valence-corrected chi connectivity index (χ2v) is 9.28. The molecule has 170 valence electrons. The van der Waals surface area contributed by atoms with Gasteiger partial charge in [-0.3, -0.25) is 9.36 Å². The summed E-state index contributed by atoms with van der Waals surface area (Å²) in [5.41, 5.74) is 1.85. The summed E-state index contributed by atoms with van der Waals surface area (Å²) in [6, 6.07) is 19.6. The van der Waals surface area contributed by atoms with Gasteiger partial charge in [-0.15, -0.1) is 21.5 Å². The number of thiazole rings is 1. The van der Waals surface area contributed by atoms with Crippen molar-refractivity contribution in [3.63, 3.8) is 0 Å². The Morgan fingerprint density at radius 2 is 1.88 bits per heavy atom. The molecule has 3 aromatic heterocycles. The lowest BCUT2D eigenvalue weighted by molar-refractivity contribution is -0.113. The highest BCUT2D eigenvalue weighted by Gasteiger charge is 2.19. The lowest BCUT2D eigenvalue weighted by Crippen LogP contribution is -2.14. The summed E-state index contributed by atoms with van der Waals surface area (Å²) >= 11 is 2.67. The number of carbonyl (C=O) groups is 1. The SMILES string of the molecule is O=C(CSc1nnc(-c2ccco2)n1-c1ccc(F)cc1)Nc1ncc(Cc2ccccc2)s1. The molecular formula is C24H18FN5O2S2. The number of aromatic nitrogens is 4. The highest BCUT2D eigenvalue weighted by Crippen LogP contribution is 2.29. The summed E-state index contributed by atoms with van der Waals surface area (Å²) < 4.78 is 20.7. The van der Waals surface area contributed by atoms with Gasteiger partial charge >= 0.3 is 0 Å². The van der Waals surface area contributed by atoms with Crippen molar-refractivity contribution in [2.24, 2.45) is 0 Å². The standard InChI is InChI=1S/C24H18FN5O2S2/c25-17-8-10-18(11-9-17)30-22(20-7-4-12-32-20)28-29-24(30)33-15-21(31)27-23-26-14-19(34-23)13-16-5-2-1-3-6-16/h1-12,14H,13,15H2,(H,26,27,31). The van der Waals surface area contributed by atoms with Crippen LogP contribution >= 0.6 is 23.1 Å². The lowest BCUT2D eigenvalue weighted by Gasteiger charge is -2.09. The lowest BCUT2D eigenvalue weighted by atomic mass is 10.1. The minimum absolute atomic E-state index is 0.102. The Morgan fingerprint density at radius 3 is 2.65 bits per heavy atom. The Balaban J connectivity index is 1.28. The molecule has 34 heavy (non-hydrogen) atoms. The number of carbonyl (C=O) groups excluding carboxylic acids is 1. The van der Waals surface area contributed by atoms with Gasteiger partial charge in [0.25, 0.3) is 0 Å². The van der Waals surface area contributed by atoms with Gasteiger partial charge in [0.1, 0.15) is 5.82 Å². The van der Waals surface area contributed by atoms with Crippen LogP contribution in [-0.2, 0) is 11.2 Å². The van der Waals surface area contributed by atoms with Crippen LogP contribution in [0.4, 0.5) is 9.52 Å². The number of hydrogen-bond donors (Lipinski definition) is 1. The number of amides is 1. The normalized spacial score (nSPS) is 11.0. The molecule has 0 radical (unpaired) electrons. The smallest absolute Gasteiger partial charge is 0.236 e. The van der Waals surface area contributed by atoms with E-state index in [2.05, 4.69) is 32.6 Å². The zero-order valence-corrected chi connectivity index (χ0v) is 19.4. The molecule has 1 amide bonds. The van der Waals surface area contributed by atoms with Crippen molar-refractivity contribution in [3.8, 4) is 17.3 Å². The molecule has 0 bridgehead atoms. The van der Waals surface area contributed by atoms with Crippen LogP contribution in [0.5, 0.6) is 0 Å². The molecule has 5 rings (SSSR count). The first kappa shape index (κ1) is 22.1. The first-order valence-corrected chi connectivity index (χ1v) is 12.1. The van der Waals surface area contributed by atoms with E-state index < -0.39 is 0 Å². The van der Waals surface area contributed by atoms with E-state index in [1.165, 1.54) is 40.8 Å². The number of furan rings is 1. The molecule has 0 unspecified atom stereocenters. The number of nitrogens with one attached hydrogen (secondary N) is 1. The van der Waals surface area contributed by atoms with Gasteiger partial charge in [0, 0.05) is 17.5 Å². The summed E-state index contributed by atoms with van der Waals surface area (Å²) in [6.07, 6.45) is 4.08. The minimum Gasteiger partial charge on any atom is -0.461 e. The van der Waals surface area contributed by atoms with Gasteiger partial charge in [-0.25, -0.2) is 9.37 Å². The quantitative estimate of drug-likeness (QED) is 0.291. The predicted octanol–water partition coefficient (Wildman–Crippen LogP) is 5.44. The summed E-state index contributed by atoms with van der Waals surface area (Å²) in [5.74, 6) is 0.524. The summed E-state index contributed by atoms with van der Waals surface area (Å²) in [5, 5.41) is 12.3. The van der Waals surface area contributed by atoms with Crippen LogP contribution < -0.4 is 5.32 Å².